The van der Waals surface area contributed by atoms with E-state index in [0.29, 0.717) is 15.6 Å². The van der Waals surface area contributed by atoms with Crippen molar-refractivity contribution in [1.82, 2.24) is 19.8 Å². The third-order valence-corrected chi connectivity index (χ3v) is 4.07. The van der Waals surface area contributed by atoms with E-state index in [2.05, 4.69) is 20.6 Å². The van der Waals surface area contributed by atoms with Crippen LogP contribution in [0.15, 0.2) is 24.3 Å². The second-order valence-electron chi connectivity index (χ2n) is 5.77. The first-order chi connectivity index (χ1) is 12.2. The van der Waals surface area contributed by atoms with Crippen LogP contribution in [0.25, 0.3) is 5.65 Å². The molecule has 0 aliphatic heterocycles. The summed E-state index contributed by atoms with van der Waals surface area (Å²) in [6.07, 6.45) is -5.91. The molecule has 0 saturated heterocycles. The zero-order valence-corrected chi connectivity index (χ0v) is 13.8. The van der Waals surface area contributed by atoms with E-state index in [1.165, 1.54) is 18.2 Å². The van der Waals surface area contributed by atoms with Crippen LogP contribution in [0.5, 0.6) is 0 Å². The second-order valence-corrected chi connectivity index (χ2v) is 5.77. The molecule has 0 aliphatic carbocycles. The van der Waals surface area contributed by atoms with Crippen LogP contribution in [0.2, 0.25) is 0 Å². The van der Waals surface area contributed by atoms with Crippen LogP contribution in [0.3, 0.4) is 0 Å². The number of benzene rings is 1. The molecule has 10 heteroatoms. The summed E-state index contributed by atoms with van der Waals surface area (Å²) in [5.41, 5.74) is 1.09. The van der Waals surface area contributed by atoms with E-state index < -0.39 is 23.9 Å². The molecule has 3 rings (SSSR count). The minimum Gasteiger partial charge on any atom is -0.386 e. The van der Waals surface area contributed by atoms with Gasteiger partial charge < -0.3 is 10.4 Å². The van der Waals surface area contributed by atoms with Crippen molar-refractivity contribution in [3.05, 3.63) is 52.6 Å². The van der Waals surface area contributed by atoms with E-state index in [1.54, 1.807) is 19.9 Å². The summed E-state index contributed by atoms with van der Waals surface area (Å²) in [6.45, 7) is 3.12. The Kier molecular flexibility index (Phi) is 4.53. The normalized spacial score (nSPS) is 13.2. The molecule has 3 aromatic rings. The molecule has 1 aromatic carbocycles. The molecule has 2 heterocycles. The SMILES string of the molecule is Cc1c(NCC(O)c2ccccc2F)nn2c(C(F)(F)F)nnc2c1C. The Balaban J connectivity index is 1.93. The molecule has 0 spiro atoms. The van der Waals surface area contributed by atoms with Gasteiger partial charge in [-0.2, -0.15) is 17.7 Å². The van der Waals surface area contributed by atoms with Crippen molar-refractivity contribution in [1.29, 1.82) is 0 Å². The standard InChI is InChI=1S/C16H15F4N5O/c1-8-9(2)14-22-23-15(16(18,19)20)25(14)24-13(8)21-7-12(26)10-5-3-4-6-11(10)17/h3-6,12,26H,7H2,1-2H3,(H,21,24). The molecule has 1 unspecified atom stereocenters. The lowest BCUT2D eigenvalue weighted by Gasteiger charge is -2.16. The number of aliphatic hydroxyl groups excluding tert-OH is 1. The van der Waals surface area contributed by atoms with E-state index >= 15 is 0 Å². The average Bonchev–Trinajstić information content (AvgIpc) is 3.01. The van der Waals surface area contributed by atoms with Gasteiger partial charge in [-0.05, 0) is 25.5 Å². The first-order valence-corrected chi connectivity index (χ1v) is 7.66. The van der Waals surface area contributed by atoms with E-state index in [0.717, 1.165) is 0 Å². The predicted molar refractivity (Wildman–Crippen MR) is 85.1 cm³/mol. The van der Waals surface area contributed by atoms with E-state index in [9.17, 15) is 22.7 Å². The van der Waals surface area contributed by atoms with Gasteiger partial charge in [0.1, 0.15) is 11.6 Å². The summed E-state index contributed by atoms with van der Waals surface area (Å²) >= 11 is 0. The van der Waals surface area contributed by atoms with Crippen molar-refractivity contribution in [3.63, 3.8) is 0 Å². The third-order valence-electron chi connectivity index (χ3n) is 4.07. The maximum Gasteiger partial charge on any atom is 0.453 e. The number of rotatable bonds is 4. The average molecular weight is 369 g/mol. The molecule has 0 bridgehead atoms. The Labute approximate surface area is 145 Å². The van der Waals surface area contributed by atoms with Crippen LogP contribution in [0.4, 0.5) is 23.4 Å². The van der Waals surface area contributed by atoms with Gasteiger partial charge >= 0.3 is 6.18 Å². The molecule has 0 fully saturated rings. The quantitative estimate of drug-likeness (QED) is 0.692. The number of halogens is 4. The maximum absolute atomic E-state index is 13.7. The molecular formula is C16H15F4N5O. The number of aliphatic hydroxyl groups is 1. The van der Waals surface area contributed by atoms with Crippen LogP contribution < -0.4 is 5.32 Å². The number of aryl methyl sites for hydroxylation is 1. The Morgan fingerprint density at radius 2 is 1.85 bits per heavy atom. The van der Waals surface area contributed by atoms with Gasteiger partial charge in [0, 0.05) is 17.7 Å². The number of hydrogen-bond donors (Lipinski definition) is 2. The Morgan fingerprint density at radius 1 is 1.15 bits per heavy atom. The van der Waals surface area contributed by atoms with Gasteiger partial charge in [-0.3, -0.25) is 0 Å². The fourth-order valence-electron chi connectivity index (χ4n) is 2.52. The van der Waals surface area contributed by atoms with Gasteiger partial charge in [0.2, 0.25) is 0 Å². The number of alkyl halides is 3. The van der Waals surface area contributed by atoms with Crippen molar-refractivity contribution in [2.75, 3.05) is 11.9 Å². The molecule has 0 amide bonds. The minimum atomic E-state index is -4.71. The molecule has 0 saturated carbocycles. The van der Waals surface area contributed by atoms with Gasteiger partial charge in [0.05, 0.1) is 6.10 Å². The van der Waals surface area contributed by atoms with Crippen LogP contribution in [-0.4, -0.2) is 31.5 Å². The summed E-state index contributed by atoms with van der Waals surface area (Å²) in [5, 5.41) is 23.5. The van der Waals surface area contributed by atoms with E-state index in [4.69, 9.17) is 0 Å². The Morgan fingerprint density at radius 3 is 2.50 bits per heavy atom. The fraction of sp³-hybridized carbons (Fsp3) is 0.312. The Hall–Kier alpha value is -2.75. The number of anilines is 1. The van der Waals surface area contributed by atoms with Gasteiger partial charge in [0.15, 0.2) is 5.65 Å². The summed E-state index contributed by atoms with van der Waals surface area (Å²) < 4.78 is 53.4. The van der Waals surface area contributed by atoms with E-state index in [1.807, 2.05) is 0 Å². The van der Waals surface area contributed by atoms with Crippen molar-refractivity contribution in [3.8, 4) is 0 Å². The van der Waals surface area contributed by atoms with Gasteiger partial charge in [-0.25, -0.2) is 4.39 Å². The highest BCUT2D eigenvalue weighted by Gasteiger charge is 2.38. The van der Waals surface area contributed by atoms with Crippen LogP contribution in [0.1, 0.15) is 28.6 Å². The molecule has 1 atom stereocenters. The molecule has 2 N–H and O–H groups in total. The fourth-order valence-corrected chi connectivity index (χ4v) is 2.52. The van der Waals surface area contributed by atoms with Crippen molar-refractivity contribution in [2.45, 2.75) is 26.1 Å². The number of fused-ring (bicyclic) bond motifs is 1. The molecular weight excluding hydrogens is 354 g/mol. The minimum absolute atomic E-state index is 0.00460. The zero-order valence-electron chi connectivity index (χ0n) is 13.8. The van der Waals surface area contributed by atoms with Crippen LogP contribution in [-0.2, 0) is 6.18 Å². The summed E-state index contributed by atoms with van der Waals surface area (Å²) in [4.78, 5) is 0. The van der Waals surface area contributed by atoms with Crippen molar-refractivity contribution in [2.24, 2.45) is 0 Å². The molecule has 2 aromatic heterocycles. The lowest BCUT2D eigenvalue weighted by Crippen LogP contribution is -2.18. The number of hydrogen-bond acceptors (Lipinski definition) is 5. The molecule has 0 radical (unpaired) electrons. The Bertz CT molecular complexity index is 954. The van der Waals surface area contributed by atoms with Crippen molar-refractivity contribution >= 4 is 11.5 Å². The summed E-state index contributed by atoms with van der Waals surface area (Å²) in [6, 6.07) is 5.71. The smallest absolute Gasteiger partial charge is 0.386 e. The second kappa shape index (κ2) is 6.52. The molecule has 0 aliphatic rings. The highest BCUT2D eigenvalue weighted by Crippen LogP contribution is 2.30. The first-order valence-electron chi connectivity index (χ1n) is 7.66. The van der Waals surface area contributed by atoms with Crippen LogP contribution in [0, 0.1) is 19.7 Å². The number of aromatic nitrogens is 4. The first kappa shape index (κ1) is 18.1. The monoisotopic (exact) mass is 369 g/mol. The van der Waals surface area contributed by atoms with Gasteiger partial charge in [-0.1, -0.05) is 18.2 Å². The van der Waals surface area contributed by atoms with Crippen LogP contribution >= 0.6 is 0 Å². The number of nitrogens with one attached hydrogen (secondary N) is 1. The number of nitrogens with zero attached hydrogens (tertiary/aromatic N) is 4. The lowest BCUT2D eigenvalue weighted by atomic mass is 10.1. The zero-order chi connectivity index (χ0) is 19.1. The topological polar surface area (TPSA) is 75.3 Å². The predicted octanol–water partition coefficient (Wildman–Crippen LogP) is 3.04. The highest BCUT2D eigenvalue weighted by atomic mass is 19.4. The molecule has 138 valence electrons. The summed E-state index contributed by atoms with van der Waals surface area (Å²) in [7, 11) is 0. The van der Waals surface area contributed by atoms with E-state index in [-0.39, 0.29) is 23.6 Å². The van der Waals surface area contributed by atoms with Gasteiger partial charge in [-0.15, -0.1) is 15.3 Å². The van der Waals surface area contributed by atoms with Gasteiger partial charge in [0.25, 0.3) is 5.82 Å². The highest BCUT2D eigenvalue weighted by molar-refractivity contribution is 5.58. The molecule has 6 nitrogen and oxygen atoms in total. The summed E-state index contributed by atoms with van der Waals surface area (Å²) in [5.74, 6) is -1.69. The van der Waals surface area contributed by atoms with Crippen molar-refractivity contribution < 1.29 is 22.7 Å². The largest absolute Gasteiger partial charge is 0.453 e. The molecule has 26 heavy (non-hydrogen) atoms. The maximum atomic E-state index is 13.7. The lowest BCUT2D eigenvalue weighted by molar-refractivity contribution is -0.146. The third kappa shape index (κ3) is 3.19.